The van der Waals surface area contributed by atoms with Gasteiger partial charge in [-0.2, -0.15) is 4.31 Å². The van der Waals surface area contributed by atoms with Gasteiger partial charge in [-0.3, -0.25) is 20.4 Å². The summed E-state index contributed by atoms with van der Waals surface area (Å²) in [5.74, 6) is -1.25. The molecule has 7 nitrogen and oxygen atoms in total. The maximum atomic E-state index is 12.5. The number of nitrogens with zero attached hydrogens (tertiary/aromatic N) is 1. The first-order valence-electron chi connectivity index (χ1n) is 8.65. The van der Waals surface area contributed by atoms with Gasteiger partial charge in [-0.25, -0.2) is 8.42 Å². The van der Waals surface area contributed by atoms with E-state index in [2.05, 4.69) is 10.9 Å². The van der Waals surface area contributed by atoms with Gasteiger partial charge in [-0.15, -0.1) is 0 Å². The third-order valence-electron chi connectivity index (χ3n) is 4.04. The maximum Gasteiger partial charge on any atom is 0.262 e. The van der Waals surface area contributed by atoms with E-state index in [4.69, 9.17) is 11.6 Å². The highest BCUT2D eigenvalue weighted by Gasteiger charge is 2.22. The topological polar surface area (TPSA) is 95.6 Å². The normalized spacial score (nSPS) is 11.6. The summed E-state index contributed by atoms with van der Waals surface area (Å²) in [6.07, 6.45) is 2.77. The number of nitrogens with one attached hydrogen (secondary N) is 2. The van der Waals surface area contributed by atoms with Gasteiger partial charge in [0, 0.05) is 18.1 Å². The van der Waals surface area contributed by atoms with Crippen LogP contribution in [0.25, 0.3) is 6.08 Å². The van der Waals surface area contributed by atoms with Crippen molar-refractivity contribution in [3.8, 4) is 0 Å². The molecule has 2 aromatic carbocycles. The van der Waals surface area contributed by atoms with Crippen LogP contribution in [0.3, 0.4) is 0 Å². The number of hydrazine groups is 1. The van der Waals surface area contributed by atoms with Crippen LogP contribution < -0.4 is 10.9 Å². The molecule has 0 aliphatic carbocycles. The van der Waals surface area contributed by atoms with Gasteiger partial charge in [0.15, 0.2) is 0 Å². The van der Waals surface area contributed by atoms with Crippen molar-refractivity contribution in [1.82, 2.24) is 15.2 Å². The Morgan fingerprint density at radius 1 is 1.07 bits per heavy atom. The van der Waals surface area contributed by atoms with Crippen molar-refractivity contribution < 1.29 is 18.0 Å². The Bertz CT molecular complexity index is 1030. The summed E-state index contributed by atoms with van der Waals surface area (Å²) < 4.78 is 25.8. The van der Waals surface area contributed by atoms with Gasteiger partial charge in [0.2, 0.25) is 10.0 Å². The second-order valence-electron chi connectivity index (χ2n) is 6.45. The Morgan fingerprint density at radius 2 is 1.72 bits per heavy atom. The molecule has 0 atom stereocenters. The zero-order valence-electron chi connectivity index (χ0n) is 16.3. The molecule has 0 aliphatic heterocycles. The van der Waals surface area contributed by atoms with Gasteiger partial charge in [-0.1, -0.05) is 41.4 Å². The molecule has 9 heteroatoms. The zero-order valence-corrected chi connectivity index (χ0v) is 17.8. The summed E-state index contributed by atoms with van der Waals surface area (Å²) in [5, 5.41) is 0.582. The van der Waals surface area contributed by atoms with Gasteiger partial charge in [0.05, 0.1) is 11.4 Å². The fourth-order valence-corrected chi connectivity index (χ4v) is 3.59. The van der Waals surface area contributed by atoms with Crippen molar-refractivity contribution in [2.45, 2.75) is 18.7 Å². The van der Waals surface area contributed by atoms with Crippen LogP contribution in [-0.4, -0.2) is 38.1 Å². The molecule has 0 fully saturated rings. The van der Waals surface area contributed by atoms with Crippen LogP contribution in [-0.2, 0) is 19.6 Å². The van der Waals surface area contributed by atoms with E-state index in [1.807, 2.05) is 19.9 Å². The first-order valence-corrected chi connectivity index (χ1v) is 10.5. The SMILES string of the molecule is Cc1ccc(S(=O)(=O)N(C)CC(=O)NNC(=O)/C=C/c2ccc(C)c(Cl)c2)cc1. The van der Waals surface area contributed by atoms with Crippen molar-refractivity contribution in [2.75, 3.05) is 13.6 Å². The monoisotopic (exact) mass is 435 g/mol. The van der Waals surface area contributed by atoms with E-state index in [0.29, 0.717) is 5.02 Å². The molecular weight excluding hydrogens is 414 g/mol. The van der Waals surface area contributed by atoms with E-state index in [1.54, 1.807) is 30.3 Å². The predicted octanol–water partition coefficient (Wildman–Crippen LogP) is 2.44. The quantitative estimate of drug-likeness (QED) is 0.538. The highest BCUT2D eigenvalue weighted by Crippen LogP contribution is 2.17. The van der Waals surface area contributed by atoms with Gasteiger partial charge in [0.1, 0.15) is 0 Å². The number of carbonyl (C=O) groups is 2. The molecule has 2 amide bonds. The number of hydrogen-bond donors (Lipinski definition) is 2. The summed E-state index contributed by atoms with van der Waals surface area (Å²) in [5.41, 5.74) is 6.96. The van der Waals surface area contributed by atoms with E-state index >= 15 is 0 Å². The number of sulfonamides is 1. The minimum absolute atomic E-state index is 0.0853. The van der Waals surface area contributed by atoms with E-state index in [9.17, 15) is 18.0 Å². The molecule has 0 radical (unpaired) electrons. The molecule has 0 aliphatic rings. The number of hydrogen-bond acceptors (Lipinski definition) is 4. The van der Waals surface area contributed by atoms with Crippen molar-refractivity contribution >= 4 is 39.5 Å². The van der Waals surface area contributed by atoms with E-state index in [1.165, 1.54) is 25.3 Å². The molecule has 0 bridgehead atoms. The number of aryl methyl sites for hydroxylation is 2. The Balaban J connectivity index is 1.88. The molecule has 0 aromatic heterocycles. The summed E-state index contributed by atoms with van der Waals surface area (Å²) in [6, 6.07) is 11.6. The van der Waals surface area contributed by atoms with Gasteiger partial charge in [-0.05, 0) is 49.2 Å². The third-order valence-corrected chi connectivity index (χ3v) is 6.27. The molecule has 0 unspecified atom stereocenters. The summed E-state index contributed by atoms with van der Waals surface area (Å²) in [6.45, 7) is 3.26. The number of carbonyl (C=O) groups excluding carboxylic acids is 2. The first kappa shape index (κ1) is 22.6. The molecule has 0 heterocycles. The second-order valence-corrected chi connectivity index (χ2v) is 8.91. The molecule has 29 heavy (non-hydrogen) atoms. The zero-order chi connectivity index (χ0) is 21.6. The van der Waals surface area contributed by atoms with Crippen molar-refractivity contribution in [3.05, 3.63) is 70.3 Å². The van der Waals surface area contributed by atoms with Crippen LogP contribution in [0.4, 0.5) is 0 Å². The van der Waals surface area contributed by atoms with Crippen LogP contribution in [0, 0.1) is 13.8 Å². The van der Waals surface area contributed by atoms with Gasteiger partial charge >= 0.3 is 0 Å². The molecule has 154 valence electrons. The lowest BCUT2D eigenvalue weighted by molar-refractivity contribution is -0.126. The molecule has 0 saturated heterocycles. The average Bonchev–Trinajstić information content (AvgIpc) is 2.67. The number of likely N-dealkylation sites (N-methyl/N-ethyl adjacent to an activating group) is 1. The number of halogens is 1. The second kappa shape index (κ2) is 9.69. The minimum Gasteiger partial charge on any atom is -0.272 e. The van der Waals surface area contributed by atoms with E-state index in [0.717, 1.165) is 21.0 Å². The van der Waals surface area contributed by atoms with Crippen molar-refractivity contribution in [2.24, 2.45) is 0 Å². The fraction of sp³-hybridized carbons (Fsp3) is 0.200. The highest BCUT2D eigenvalue weighted by atomic mass is 35.5. The summed E-state index contributed by atoms with van der Waals surface area (Å²) in [4.78, 5) is 23.9. The largest absolute Gasteiger partial charge is 0.272 e. The fourth-order valence-electron chi connectivity index (χ4n) is 2.27. The van der Waals surface area contributed by atoms with Crippen LogP contribution >= 0.6 is 11.6 Å². The number of amides is 2. The lowest BCUT2D eigenvalue weighted by Gasteiger charge is -2.17. The summed E-state index contributed by atoms with van der Waals surface area (Å²) >= 11 is 6.02. The van der Waals surface area contributed by atoms with Crippen LogP contribution in [0.5, 0.6) is 0 Å². The molecule has 2 rings (SSSR count). The van der Waals surface area contributed by atoms with E-state index in [-0.39, 0.29) is 4.90 Å². The van der Waals surface area contributed by atoms with Crippen molar-refractivity contribution in [1.29, 1.82) is 0 Å². The Kier molecular flexibility index (Phi) is 7.55. The molecule has 2 N–H and O–H groups in total. The number of benzene rings is 2. The van der Waals surface area contributed by atoms with E-state index < -0.39 is 28.4 Å². The van der Waals surface area contributed by atoms with Crippen LogP contribution in [0.2, 0.25) is 5.02 Å². The van der Waals surface area contributed by atoms with Crippen molar-refractivity contribution in [3.63, 3.8) is 0 Å². The smallest absolute Gasteiger partial charge is 0.262 e. The Labute approximate surface area is 175 Å². The predicted molar refractivity (Wildman–Crippen MR) is 113 cm³/mol. The maximum absolute atomic E-state index is 12.5. The lowest BCUT2D eigenvalue weighted by atomic mass is 10.1. The first-order chi connectivity index (χ1) is 13.6. The number of rotatable bonds is 6. The molecular formula is C20H22ClN3O4S. The Hall–Kier alpha value is -2.68. The summed E-state index contributed by atoms with van der Waals surface area (Å²) in [7, 11) is -2.52. The van der Waals surface area contributed by atoms with Gasteiger partial charge in [0.25, 0.3) is 11.8 Å². The standard InChI is InChI=1S/C20H22ClN3O4S/c1-14-4-9-17(10-5-14)29(27,28)24(3)13-20(26)23-22-19(25)11-8-16-7-6-15(2)18(21)12-16/h4-12H,13H2,1-3H3,(H,22,25)(H,23,26)/b11-8+. The highest BCUT2D eigenvalue weighted by molar-refractivity contribution is 7.89. The van der Waals surface area contributed by atoms with Crippen LogP contribution in [0.15, 0.2) is 53.4 Å². The Morgan fingerprint density at radius 3 is 2.34 bits per heavy atom. The molecule has 0 saturated carbocycles. The van der Waals surface area contributed by atoms with Gasteiger partial charge < -0.3 is 0 Å². The lowest BCUT2D eigenvalue weighted by Crippen LogP contribution is -2.46. The molecule has 2 aromatic rings. The van der Waals surface area contributed by atoms with Crippen LogP contribution in [0.1, 0.15) is 16.7 Å². The minimum atomic E-state index is -3.81. The molecule has 0 spiro atoms. The average molecular weight is 436 g/mol. The third kappa shape index (κ3) is 6.42.